The van der Waals surface area contributed by atoms with E-state index in [0.717, 1.165) is 16.7 Å². The molecule has 0 saturated carbocycles. The lowest BCUT2D eigenvalue weighted by atomic mass is 10.1. The lowest BCUT2D eigenvalue weighted by Crippen LogP contribution is -2.35. The lowest BCUT2D eigenvalue weighted by Gasteiger charge is -2.13. The molecule has 2 aromatic carbocycles. The molecule has 2 aromatic rings. The molecule has 2 amide bonds. The molecule has 0 aliphatic heterocycles. The van der Waals surface area contributed by atoms with Gasteiger partial charge in [0.2, 0.25) is 11.8 Å². The van der Waals surface area contributed by atoms with E-state index in [1.165, 1.54) is 0 Å². The molecular weight excluding hydrogens is 338 g/mol. The van der Waals surface area contributed by atoms with E-state index < -0.39 is 6.04 Å². The van der Waals surface area contributed by atoms with Crippen LogP contribution in [-0.4, -0.2) is 18.4 Å². The van der Waals surface area contributed by atoms with Crippen molar-refractivity contribution in [1.82, 2.24) is 5.32 Å². The van der Waals surface area contributed by atoms with Crippen molar-refractivity contribution in [2.45, 2.75) is 26.3 Å². The number of carbonyl (C=O) groups excluding carboxylic acids is 2. The quantitative estimate of drug-likeness (QED) is 0.741. The molecule has 25 heavy (non-hydrogen) atoms. The molecule has 0 spiro atoms. The van der Waals surface area contributed by atoms with Gasteiger partial charge in [-0.1, -0.05) is 47.5 Å². The average Bonchev–Trinajstić information content (AvgIpc) is 2.59. The Morgan fingerprint density at radius 1 is 1.12 bits per heavy atom. The summed E-state index contributed by atoms with van der Waals surface area (Å²) in [6, 6.07) is 12.0. The summed E-state index contributed by atoms with van der Waals surface area (Å²) in [6.45, 7) is 4.01. The number of anilines is 1. The van der Waals surface area contributed by atoms with Crippen molar-refractivity contribution in [2.75, 3.05) is 11.9 Å². The van der Waals surface area contributed by atoms with Crippen molar-refractivity contribution in [3.05, 3.63) is 64.2 Å². The minimum Gasteiger partial charge on any atom is -0.354 e. The average molecular weight is 360 g/mol. The summed E-state index contributed by atoms with van der Waals surface area (Å²) in [7, 11) is 0. The summed E-state index contributed by atoms with van der Waals surface area (Å²) in [4.78, 5) is 24.1. The van der Waals surface area contributed by atoms with Crippen LogP contribution in [0.15, 0.2) is 42.5 Å². The molecule has 1 unspecified atom stereocenters. The first-order valence-corrected chi connectivity index (χ1v) is 8.41. The van der Waals surface area contributed by atoms with E-state index in [1.807, 2.05) is 38.1 Å². The maximum absolute atomic E-state index is 12.1. The van der Waals surface area contributed by atoms with Gasteiger partial charge < -0.3 is 16.4 Å². The van der Waals surface area contributed by atoms with E-state index >= 15 is 0 Å². The highest BCUT2D eigenvalue weighted by molar-refractivity contribution is 6.31. The van der Waals surface area contributed by atoms with Gasteiger partial charge >= 0.3 is 0 Å². The first kappa shape index (κ1) is 19.0. The van der Waals surface area contributed by atoms with Crippen LogP contribution in [0.5, 0.6) is 0 Å². The Morgan fingerprint density at radius 3 is 2.48 bits per heavy atom. The van der Waals surface area contributed by atoms with Crippen molar-refractivity contribution in [3.8, 4) is 0 Å². The van der Waals surface area contributed by atoms with Gasteiger partial charge in [0.05, 0.1) is 0 Å². The molecule has 0 bridgehead atoms. The lowest BCUT2D eigenvalue weighted by molar-refractivity contribution is -0.122. The van der Waals surface area contributed by atoms with Crippen LogP contribution in [0.25, 0.3) is 0 Å². The first-order chi connectivity index (χ1) is 11.9. The fourth-order valence-corrected chi connectivity index (χ4v) is 2.46. The Hall–Kier alpha value is -2.37. The molecule has 0 aliphatic carbocycles. The number of hydrogen-bond acceptors (Lipinski definition) is 3. The zero-order chi connectivity index (χ0) is 18.4. The van der Waals surface area contributed by atoms with Gasteiger partial charge in [0.25, 0.3) is 0 Å². The SMILES string of the molecule is Cc1ccc(C(N)C(=O)NCCC(=O)Nc2cccc(Cl)c2C)cc1. The van der Waals surface area contributed by atoms with E-state index in [2.05, 4.69) is 10.6 Å². The van der Waals surface area contributed by atoms with Crippen molar-refractivity contribution in [2.24, 2.45) is 5.73 Å². The molecule has 0 radical (unpaired) electrons. The normalized spacial score (nSPS) is 11.7. The highest BCUT2D eigenvalue weighted by Gasteiger charge is 2.15. The van der Waals surface area contributed by atoms with Gasteiger partial charge in [0.15, 0.2) is 0 Å². The van der Waals surface area contributed by atoms with Gasteiger partial charge in [0, 0.05) is 23.7 Å². The van der Waals surface area contributed by atoms with Gasteiger partial charge in [-0.2, -0.15) is 0 Å². The van der Waals surface area contributed by atoms with E-state index in [0.29, 0.717) is 10.7 Å². The van der Waals surface area contributed by atoms with Crippen LogP contribution in [0, 0.1) is 13.8 Å². The third-order valence-corrected chi connectivity index (χ3v) is 4.32. The smallest absolute Gasteiger partial charge is 0.241 e. The largest absolute Gasteiger partial charge is 0.354 e. The first-order valence-electron chi connectivity index (χ1n) is 8.03. The molecule has 0 fully saturated rings. The Labute approximate surface area is 152 Å². The summed E-state index contributed by atoms with van der Waals surface area (Å²) in [5.74, 6) is -0.509. The standard InChI is InChI=1S/C19H22ClN3O2/c1-12-6-8-14(9-7-12)18(21)19(25)22-11-10-17(24)23-16-5-3-4-15(20)13(16)2/h3-9,18H,10-11,21H2,1-2H3,(H,22,25)(H,23,24). The summed E-state index contributed by atoms with van der Waals surface area (Å²) >= 11 is 6.02. The number of nitrogens with two attached hydrogens (primary N) is 1. The molecular formula is C19H22ClN3O2. The molecule has 6 heteroatoms. The second-order valence-corrected chi connectivity index (χ2v) is 6.30. The summed E-state index contributed by atoms with van der Waals surface area (Å²) < 4.78 is 0. The minimum absolute atomic E-state index is 0.151. The van der Waals surface area contributed by atoms with Crippen molar-refractivity contribution in [3.63, 3.8) is 0 Å². The number of hydrogen-bond donors (Lipinski definition) is 3. The maximum Gasteiger partial charge on any atom is 0.241 e. The zero-order valence-electron chi connectivity index (χ0n) is 14.3. The monoisotopic (exact) mass is 359 g/mol. The zero-order valence-corrected chi connectivity index (χ0v) is 15.1. The Bertz CT molecular complexity index is 760. The molecule has 2 rings (SSSR count). The third kappa shape index (κ3) is 5.31. The number of nitrogens with one attached hydrogen (secondary N) is 2. The van der Waals surface area contributed by atoms with E-state index in [1.54, 1.807) is 18.2 Å². The molecule has 0 saturated heterocycles. The predicted molar refractivity (Wildman–Crippen MR) is 101 cm³/mol. The topological polar surface area (TPSA) is 84.2 Å². The highest BCUT2D eigenvalue weighted by atomic mass is 35.5. The molecule has 4 N–H and O–H groups in total. The number of aryl methyl sites for hydroxylation is 1. The van der Waals surface area contributed by atoms with Gasteiger partial charge in [-0.05, 0) is 37.1 Å². The molecule has 0 aromatic heterocycles. The van der Waals surface area contributed by atoms with Crippen LogP contribution >= 0.6 is 11.6 Å². The predicted octanol–water partition coefficient (Wildman–Crippen LogP) is 3.10. The molecule has 0 aliphatic rings. The maximum atomic E-state index is 12.1. The van der Waals surface area contributed by atoms with Crippen LogP contribution in [0.1, 0.15) is 29.2 Å². The minimum atomic E-state index is -0.751. The molecule has 0 heterocycles. The number of carbonyl (C=O) groups is 2. The fourth-order valence-electron chi connectivity index (χ4n) is 2.29. The van der Waals surface area contributed by atoms with Gasteiger partial charge in [0.1, 0.15) is 6.04 Å². The van der Waals surface area contributed by atoms with E-state index in [4.69, 9.17) is 17.3 Å². The Balaban J connectivity index is 1.81. The van der Waals surface area contributed by atoms with Crippen LogP contribution < -0.4 is 16.4 Å². The Morgan fingerprint density at radius 2 is 1.80 bits per heavy atom. The second kappa shape index (κ2) is 8.65. The van der Waals surface area contributed by atoms with E-state index in [9.17, 15) is 9.59 Å². The third-order valence-electron chi connectivity index (χ3n) is 3.91. The van der Waals surface area contributed by atoms with Crippen LogP contribution in [0.2, 0.25) is 5.02 Å². The van der Waals surface area contributed by atoms with Crippen molar-refractivity contribution >= 4 is 29.1 Å². The summed E-state index contributed by atoms with van der Waals surface area (Å²) in [6.07, 6.45) is 0.151. The van der Waals surface area contributed by atoms with Gasteiger partial charge in [-0.15, -0.1) is 0 Å². The number of halogens is 1. The highest BCUT2D eigenvalue weighted by Crippen LogP contribution is 2.22. The molecule has 1 atom stereocenters. The number of benzene rings is 2. The van der Waals surface area contributed by atoms with Crippen molar-refractivity contribution in [1.29, 1.82) is 0 Å². The second-order valence-electron chi connectivity index (χ2n) is 5.89. The number of amides is 2. The van der Waals surface area contributed by atoms with E-state index in [-0.39, 0.29) is 24.8 Å². The number of rotatable bonds is 6. The van der Waals surface area contributed by atoms with Crippen LogP contribution in [0.3, 0.4) is 0 Å². The summed E-state index contributed by atoms with van der Waals surface area (Å²) in [5.41, 5.74) is 9.25. The van der Waals surface area contributed by atoms with Gasteiger partial charge in [-0.25, -0.2) is 0 Å². The summed E-state index contributed by atoms with van der Waals surface area (Å²) in [5, 5.41) is 6.07. The molecule has 5 nitrogen and oxygen atoms in total. The molecule has 132 valence electrons. The van der Waals surface area contributed by atoms with Crippen molar-refractivity contribution < 1.29 is 9.59 Å². The fraction of sp³-hybridized carbons (Fsp3) is 0.263. The Kier molecular flexibility index (Phi) is 6.56. The van der Waals surface area contributed by atoms with Crippen LogP contribution in [0.4, 0.5) is 5.69 Å². The van der Waals surface area contributed by atoms with Crippen LogP contribution in [-0.2, 0) is 9.59 Å². The van der Waals surface area contributed by atoms with Gasteiger partial charge in [-0.3, -0.25) is 9.59 Å².